The van der Waals surface area contributed by atoms with Crippen molar-refractivity contribution in [3.63, 3.8) is 0 Å². The van der Waals surface area contributed by atoms with E-state index in [1.54, 1.807) is 19.1 Å². The predicted octanol–water partition coefficient (Wildman–Crippen LogP) is 3.95. The fourth-order valence-electron chi connectivity index (χ4n) is 3.28. The second-order valence-corrected chi connectivity index (χ2v) is 7.06. The molecule has 0 aliphatic carbocycles. The van der Waals surface area contributed by atoms with E-state index in [1.807, 2.05) is 49.1 Å². The number of carbonyl (C=O) groups is 2. The van der Waals surface area contributed by atoms with E-state index in [0.29, 0.717) is 17.0 Å². The Labute approximate surface area is 160 Å². The van der Waals surface area contributed by atoms with Crippen molar-refractivity contribution in [2.45, 2.75) is 39.7 Å². The molecule has 1 heterocycles. The number of likely N-dealkylation sites (tertiary alicyclic amines) is 1. The summed E-state index contributed by atoms with van der Waals surface area (Å²) in [5.74, 6) is 0.368. The zero-order valence-electron chi connectivity index (χ0n) is 16.1. The first kappa shape index (κ1) is 19.0. The van der Waals surface area contributed by atoms with Crippen LogP contribution in [0.3, 0.4) is 0 Å². The molecule has 1 N–H and O–H groups in total. The highest BCUT2D eigenvalue weighted by atomic mass is 16.5. The van der Waals surface area contributed by atoms with Gasteiger partial charge in [-0.2, -0.15) is 0 Å². The minimum atomic E-state index is -0.679. The first-order valence-corrected chi connectivity index (χ1v) is 9.39. The molecule has 1 aliphatic rings. The summed E-state index contributed by atoms with van der Waals surface area (Å²) in [4.78, 5) is 27.2. The van der Waals surface area contributed by atoms with Crippen LogP contribution in [-0.4, -0.2) is 35.9 Å². The van der Waals surface area contributed by atoms with Crippen molar-refractivity contribution in [1.29, 1.82) is 0 Å². The van der Waals surface area contributed by atoms with Gasteiger partial charge in [-0.05, 0) is 57.4 Å². The molecule has 0 aromatic heterocycles. The van der Waals surface area contributed by atoms with Crippen LogP contribution in [0.2, 0.25) is 0 Å². The highest BCUT2D eigenvalue weighted by Gasteiger charge is 2.23. The van der Waals surface area contributed by atoms with Gasteiger partial charge in [-0.1, -0.05) is 29.8 Å². The van der Waals surface area contributed by atoms with Crippen molar-refractivity contribution in [2.75, 3.05) is 18.4 Å². The zero-order valence-corrected chi connectivity index (χ0v) is 16.1. The van der Waals surface area contributed by atoms with Crippen molar-refractivity contribution >= 4 is 17.5 Å². The molecule has 0 spiro atoms. The third kappa shape index (κ3) is 4.48. The molecule has 5 nitrogen and oxygen atoms in total. The van der Waals surface area contributed by atoms with E-state index < -0.39 is 6.10 Å². The van der Waals surface area contributed by atoms with Crippen LogP contribution in [0, 0.1) is 13.8 Å². The maximum atomic E-state index is 12.7. The summed E-state index contributed by atoms with van der Waals surface area (Å²) < 4.78 is 5.83. The van der Waals surface area contributed by atoms with Gasteiger partial charge in [0.05, 0.1) is 11.3 Å². The van der Waals surface area contributed by atoms with E-state index in [0.717, 1.165) is 37.1 Å². The topological polar surface area (TPSA) is 58.6 Å². The molecule has 1 saturated heterocycles. The van der Waals surface area contributed by atoms with E-state index in [4.69, 9.17) is 4.74 Å². The van der Waals surface area contributed by atoms with Crippen molar-refractivity contribution in [3.8, 4) is 5.75 Å². The number of amides is 2. The van der Waals surface area contributed by atoms with E-state index in [-0.39, 0.29) is 11.8 Å². The molecule has 0 saturated carbocycles. The van der Waals surface area contributed by atoms with Gasteiger partial charge in [0.25, 0.3) is 11.8 Å². The third-order valence-electron chi connectivity index (χ3n) is 4.81. The first-order chi connectivity index (χ1) is 13.0. The molecule has 1 aliphatic heterocycles. The molecule has 2 amide bonds. The highest BCUT2D eigenvalue weighted by Crippen LogP contribution is 2.22. The fraction of sp³-hybridized carbons (Fsp3) is 0.364. The van der Waals surface area contributed by atoms with Gasteiger partial charge in [0.15, 0.2) is 6.10 Å². The molecule has 5 heteroatoms. The zero-order chi connectivity index (χ0) is 19.4. The van der Waals surface area contributed by atoms with Gasteiger partial charge in [0.2, 0.25) is 0 Å². The SMILES string of the molecule is Cc1ccc(O[C@H](C)C(=O)Nc2ccccc2C(=O)N2CCCC2)c(C)c1. The van der Waals surface area contributed by atoms with Crippen LogP contribution < -0.4 is 10.1 Å². The minimum absolute atomic E-state index is 0.0358. The molecule has 1 atom stereocenters. The summed E-state index contributed by atoms with van der Waals surface area (Å²) in [6.45, 7) is 7.22. The number of aryl methyl sites for hydroxylation is 2. The molecule has 0 radical (unpaired) electrons. The number of benzene rings is 2. The van der Waals surface area contributed by atoms with E-state index in [2.05, 4.69) is 5.32 Å². The summed E-state index contributed by atoms with van der Waals surface area (Å²) >= 11 is 0. The molecule has 1 fully saturated rings. The van der Waals surface area contributed by atoms with E-state index in [9.17, 15) is 9.59 Å². The van der Waals surface area contributed by atoms with Crippen LogP contribution in [0.4, 0.5) is 5.69 Å². The Hall–Kier alpha value is -2.82. The van der Waals surface area contributed by atoms with Gasteiger partial charge in [-0.25, -0.2) is 0 Å². The summed E-state index contributed by atoms with van der Waals surface area (Å²) in [6.07, 6.45) is 1.38. The van der Waals surface area contributed by atoms with Crippen LogP contribution in [0.15, 0.2) is 42.5 Å². The summed E-state index contributed by atoms with van der Waals surface area (Å²) in [7, 11) is 0. The number of para-hydroxylation sites is 1. The summed E-state index contributed by atoms with van der Waals surface area (Å²) in [6, 6.07) is 13.0. The van der Waals surface area contributed by atoms with Crippen molar-refractivity contribution < 1.29 is 14.3 Å². The Bertz CT molecular complexity index is 841. The maximum absolute atomic E-state index is 12.7. The van der Waals surface area contributed by atoms with Crippen LogP contribution in [0.25, 0.3) is 0 Å². The number of ether oxygens (including phenoxy) is 1. The largest absolute Gasteiger partial charge is 0.481 e. The minimum Gasteiger partial charge on any atom is -0.481 e. The molecule has 27 heavy (non-hydrogen) atoms. The Kier molecular flexibility index (Phi) is 5.79. The highest BCUT2D eigenvalue weighted by molar-refractivity contribution is 6.04. The van der Waals surface area contributed by atoms with Gasteiger partial charge in [0, 0.05) is 13.1 Å². The summed E-state index contributed by atoms with van der Waals surface area (Å²) in [5, 5.41) is 2.85. The Morgan fingerprint density at radius 1 is 1.07 bits per heavy atom. The molecular weight excluding hydrogens is 340 g/mol. The lowest BCUT2D eigenvalue weighted by atomic mass is 10.1. The smallest absolute Gasteiger partial charge is 0.265 e. The van der Waals surface area contributed by atoms with Crippen LogP contribution in [0.1, 0.15) is 41.3 Å². The number of nitrogens with one attached hydrogen (secondary N) is 1. The molecule has 2 aromatic rings. The van der Waals surface area contributed by atoms with Crippen molar-refractivity contribution in [3.05, 3.63) is 59.2 Å². The quantitative estimate of drug-likeness (QED) is 0.872. The molecule has 3 rings (SSSR count). The lowest BCUT2D eigenvalue weighted by molar-refractivity contribution is -0.122. The molecular formula is C22H26N2O3. The number of anilines is 1. The Morgan fingerprint density at radius 3 is 2.48 bits per heavy atom. The second kappa shape index (κ2) is 8.25. The van der Waals surface area contributed by atoms with E-state index >= 15 is 0 Å². The predicted molar refractivity (Wildman–Crippen MR) is 106 cm³/mol. The Morgan fingerprint density at radius 2 is 1.78 bits per heavy atom. The van der Waals surface area contributed by atoms with E-state index in [1.165, 1.54) is 0 Å². The van der Waals surface area contributed by atoms with Crippen molar-refractivity contribution in [2.24, 2.45) is 0 Å². The van der Waals surface area contributed by atoms with Gasteiger partial charge in [-0.15, -0.1) is 0 Å². The number of rotatable bonds is 5. The number of hydrogen-bond acceptors (Lipinski definition) is 3. The standard InChI is InChI=1S/C22H26N2O3/c1-15-10-11-20(16(2)14-15)27-17(3)21(25)23-19-9-5-4-8-18(19)22(26)24-12-6-7-13-24/h4-5,8-11,14,17H,6-7,12-13H2,1-3H3,(H,23,25)/t17-/m1/s1. The van der Waals surface area contributed by atoms with Crippen LogP contribution >= 0.6 is 0 Å². The lowest BCUT2D eigenvalue weighted by Crippen LogP contribution is -2.32. The van der Waals surface area contributed by atoms with Crippen LogP contribution in [-0.2, 0) is 4.79 Å². The van der Waals surface area contributed by atoms with Gasteiger partial charge >= 0.3 is 0 Å². The lowest BCUT2D eigenvalue weighted by Gasteiger charge is -2.20. The fourth-order valence-corrected chi connectivity index (χ4v) is 3.28. The van der Waals surface area contributed by atoms with Crippen LogP contribution in [0.5, 0.6) is 5.75 Å². The Balaban J connectivity index is 1.71. The third-order valence-corrected chi connectivity index (χ3v) is 4.81. The number of nitrogens with zero attached hydrogens (tertiary/aromatic N) is 1. The first-order valence-electron chi connectivity index (χ1n) is 9.39. The second-order valence-electron chi connectivity index (χ2n) is 7.06. The summed E-state index contributed by atoms with van der Waals surface area (Å²) in [5.41, 5.74) is 3.17. The van der Waals surface area contributed by atoms with Gasteiger partial charge in [0.1, 0.15) is 5.75 Å². The van der Waals surface area contributed by atoms with Crippen molar-refractivity contribution in [1.82, 2.24) is 4.90 Å². The molecule has 142 valence electrons. The average Bonchev–Trinajstić information content (AvgIpc) is 3.18. The van der Waals surface area contributed by atoms with Gasteiger partial charge in [-0.3, -0.25) is 9.59 Å². The normalized spacial score (nSPS) is 14.7. The molecule has 2 aromatic carbocycles. The molecule has 0 unspecified atom stereocenters. The maximum Gasteiger partial charge on any atom is 0.265 e. The number of hydrogen-bond donors (Lipinski definition) is 1. The molecule has 0 bridgehead atoms. The average molecular weight is 366 g/mol. The van der Waals surface area contributed by atoms with Gasteiger partial charge < -0.3 is 15.0 Å². The number of carbonyl (C=O) groups excluding carboxylic acids is 2. The monoisotopic (exact) mass is 366 g/mol.